The van der Waals surface area contributed by atoms with E-state index in [4.69, 9.17) is 0 Å². The summed E-state index contributed by atoms with van der Waals surface area (Å²) < 4.78 is 2.15. The molecule has 0 aromatic heterocycles. The van der Waals surface area contributed by atoms with Crippen LogP contribution < -0.4 is 17.7 Å². The Balaban J connectivity index is 0.00000280. The Hall–Kier alpha value is -1.62. The molecule has 3 nitrogen and oxygen atoms in total. The maximum Gasteiger partial charge on any atom is 0.244 e. The van der Waals surface area contributed by atoms with Gasteiger partial charge in [-0.15, -0.1) is 0 Å². The van der Waals surface area contributed by atoms with Crippen molar-refractivity contribution in [2.45, 2.75) is 32.4 Å². The van der Waals surface area contributed by atoms with E-state index in [9.17, 15) is 4.79 Å². The van der Waals surface area contributed by atoms with E-state index in [0.717, 1.165) is 26.6 Å². The standard InChI is InChI=1S/C23H27BrN2O.ClH/c1-26(14-3-2-4-15-26)18-21-10-8-20(9-11-21)17-25-23(27)13-12-19-6-5-7-22(24)16-19;/h5-13,16H,2-4,14-15,17-18H2,1H3;1H/b13-12+;. The van der Waals surface area contributed by atoms with Crippen molar-refractivity contribution in [3.8, 4) is 0 Å². The molecule has 3 rings (SSSR count). The minimum atomic E-state index is -0.0783. The Morgan fingerprint density at radius 3 is 2.43 bits per heavy atom. The quantitative estimate of drug-likeness (QED) is 0.515. The van der Waals surface area contributed by atoms with E-state index in [1.54, 1.807) is 6.08 Å². The van der Waals surface area contributed by atoms with Gasteiger partial charge < -0.3 is 22.2 Å². The topological polar surface area (TPSA) is 29.1 Å². The van der Waals surface area contributed by atoms with Crippen LogP contribution in [-0.2, 0) is 17.9 Å². The average Bonchev–Trinajstić information content (AvgIpc) is 2.66. The van der Waals surface area contributed by atoms with Gasteiger partial charge in [-0.3, -0.25) is 4.79 Å². The molecule has 0 bridgehead atoms. The van der Waals surface area contributed by atoms with Crippen molar-refractivity contribution in [2.24, 2.45) is 0 Å². The summed E-state index contributed by atoms with van der Waals surface area (Å²) in [6.07, 6.45) is 7.47. The molecular formula is C23H28BrClN2O. The number of benzene rings is 2. The second-order valence-electron chi connectivity index (χ2n) is 7.71. The number of hydrogen-bond donors (Lipinski definition) is 1. The summed E-state index contributed by atoms with van der Waals surface area (Å²) in [4.78, 5) is 12.0. The number of carbonyl (C=O) groups excluding carboxylic acids is 1. The third-order valence-electron chi connectivity index (χ3n) is 5.23. The Morgan fingerprint density at radius 2 is 1.75 bits per heavy atom. The van der Waals surface area contributed by atoms with E-state index < -0.39 is 0 Å². The summed E-state index contributed by atoms with van der Waals surface area (Å²) in [6.45, 7) is 4.21. The molecule has 1 fully saturated rings. The van der Waals surface area contributed by atoms with Gasteiger partial charge in [-0.2, -0.15) is 0 Å². The van der Waals surface area contributed by atoms with E-state index in [1.165, 1.54) is 37.9 Å². The van der Waals surface area contributed by atoms with Crippen molar-refractivity contribution in [1.82, 2.24) is 5.32 Å². The average molecular weight is 464 g/mol. The Kier molecular flexibility index (Phi) is 8.74. The van der Waals surface area contributed by atoms with Gasteiger partial charge in [-0.25, -0.2) is 0 Å². The molecule has 1 aliphatic heterocycles. The third kappa shape index (κ3) is 7.08. The summed E-state index contributed by atoms with van der Waals surface area (Å²) in [7, 11) is 2.37. The zero-order chi connectivity index (χ0) is 19.1. The fraction of sp³-hybridized carbons (Fsp3) is 0.348. The van der Waals surface area contributed by atoms with Crippen LogP contribution in [0.4, 0.5) is 0 Å². The van der Waals surface area contributed by atoms with Gasteiger partial charge in [0.2, 0.25) is 5.91 Å². The molecule has 0 saturated carbocycles. The van der Waals surface area contributed by atoms with Crippen LogP contribution in [-0.4, -0.2) is 30.5 Å². The fourth-order valence-corrected chi connectivity index (χ4v) is 4.08. The molecule has 0 unspecified atom stereocenters. The number of amides is 1. The first kappa shape index (κ1) is 22.7. The smallest absolute Gasteiger partial charge is 0.244 e. The van der Waals surface area contributed by atoms with Gasteiger partial charge in [0.1, 0.15) is 6.54 Å². The molecule has 1 amide bonds. The van der Waals surface area contributed by atoms with Gasteiger partial charge in [0.15, 0.2) is 0 Å². The number of nitrogens with one attached hydrogen (secondary N) is 1. The monoisotopic (exact) mass is 462 g/mol. The van der Waals surface area contributed by atoms with Crippen molar-refractivity contribution in [3.63, 3.8) is 0 Å². The van der Waals surface area contributed by atoms with Crippen LogP contribution in [0.1, 0.15) is 36.0 Å². The molecule has 5 heteroatoms. The Bertz CT molecular complexity index is 799. The highest BCUT2D eigenvalue weighted by atomic mass is 79.9. The third-order valence-corrected chi connectivity index (χ3v) is 5.72. The Labute approximate surface area is 183 Å². The molecule has 2 aromatic rings. The predicted molar refractivity (Wildman–Crippen MR) is 115 cm³/mol. The number of rotatable bonds is 6. The number of likely N-dealkylation sites (tertiary alicyclic amines) is 1. The van der Waals surface area contributed by atoms with Gasteiger partial charge >= 0.3 is 0 Å². The van der Waals surface area contributed by atoms with E-state index >= 15 is 0 Å². The SMILES string of the molecule is C[N+]1(Cc2ccc(CNC(=O)/C=C/c3cccc(Br)c3)cc2)CCCCC1.[Cl-]. The molecule has 0 spiro atoms. The van der Waals surface area contributed by atoms with Crippen LogP contribution in [0.25, 0.3) is 6.08 Å². The van der Waals surface area contributed by atoms with Crippen LogP contribution in [0.2, 0.25) is 0 Å². The van der Waals surface area contributed by atoms with E-state index in [1.807, 2.05) is 30.3 Å². The molecule has 1 aliphatic rings. The van der Waals surface area contributed by atoms with Crippen molar-refractivity contribution < 1.29 is 21.7 Å². The number of piperidine rings is 1. The Morgan fingerprint density at radius 1 is 1.07 bits per heavy atom. The molecule has 0 aliphatic carbocycles. The lowest BCUT2D eigenvalue weighted by atomic mass is 10.1. The summed E-state index contributed by atoms with van der Waals surface area (Å²) in [5.41, 5.74) is 3.51. The number of quaternary nitrogens is 1. The highest BCUT2D eigenvalue weighted by Gasteiger charge is 2.24. The first-order valence-electron chi connectivity index (χ1n) is 9.65. The van der Waals surface area contributed by atoms with E-state index in [2.05, 4.69) is 52.6 Å². The lowest BCUT2D eigenvalue weighted by Gasteiger charge is -2.37. The largest absolute Gasteiger partial charge is 1.00 e. The maximum absolute atomic E-state index is 12.0. The van der Waals surface area contributed by atoms with Gasteiger partial charge in [-0.05, 0) is 48.6 Å². The van der Waals surface area contributed by atoms with Crippen molar-refractivity contribution in [2.75, 3.05) is 20.1 Å². The molecule has 28 heavy (non-hydrogen) atoms. The first-order valence-corrected chi connectivity index (χ1v) is 10.4. The molecular weight excluding hydrogens is 436 g/mol. The van der Waals surface area contributed by atoms with E-state index in [-0.39, 0.29) is 18.3 Å². The minimum absolute atomic E-state index is 0. The predicted octanol–water partition coefficient (Wildman–Crippen LogP) is 1.91. The fourth-order valence-electron chi connectivity index (χ4n) is 3.67. The number of halogens is 2. The second-order valence-corrected chi connectivity index (χ2v) is 8.62. The highest BCUT2D eigenvalue weighted by molar-refractivity contribution is 9.10. The maximum atomic E-state index is 12.0. The summed E-state index contributed by atoms with van der Waals surface area (Å²) in [5.74, 6) is -0.0783. The molecule has 1 N–H and O–H groups in total. The lowest BCUT2D eigenvalue weighted by molar-refractivity contribution is -0.926. The highest BCUT2D eigenvalue weighted by Crippen LogP contribution is 2.20. The zero-order valence-corrected chi connectivity index (χ0v) is 18.7. The van der Waals surface area contributed by atoms with Crippen LogP contribution in [0, 0.1) is 0 Å². The van der Waals surface area contributed by atoms with Gasteiger partial charge in [0, 0.05) is 22.7 Å². The summed E-state index contributed by atoms with van der Waals surface area (Å²) in [6, 6.07) is 16.5. The van der Waals surface area contributed by atoms with Gasteiger partial charge in [0.05, 0.1) is 20.1 Å². The van der Waals surface area contributed by atoms with Crippen LogP contribution in [0.3, 0.4) is 0 Å². The zero-order valence-electron chi connectivity index (χ0n) is 16.3. The van der Waals surface area contributed by atoms with Crippen LogP contribution >= 0.6 is 15.9 Å². The van der Waals surface area contributed by atoms with E-state index in [0.29, 0.717) is 6.54 Å². The van der Waals surface area contributed by atoms with Gasteiger partial charge in [-0.1, -0.05) is 52.3 Å². The summed E-state index contributed by atoms with van der Waals surface area (Å²) in [5, 5.41) is 2.95. The molecule has 150 valence electrons. The normalized spacial score (nSPS) is 15.8. The number of nitrogens with zero attached hydrogens (tertiary/aromatic N) is 1. The molecule has 0 radical (unpaired) electrons. The minimum Gasteiger partial charge on any atom is -1.00 e. The molecule has 0 atom stereocenters. The number of hydrogen-bond acceptors (Lipinski definition) is 1. The molecule has 1 saturated heterocycles. The van der Waals surface area contributed by atoms with Gasteiger partial charge in [0.25, 0.3) is 0 Å². The van der Waals surface area contributed by atoms with Crippen molar-refractivity contribution >= 4 is 27.9 Å². The van der Waals surface area contributed by atoms with Crippen molar-refractivity contribution in [3.05, 3.63) is 75.8 Å². The number of carbonyl (C=O) groups is 1. The first-order chi connectivity index (χ1) is 13.0. The molecule has 2 aromatic carbocycles. The second kappa shape index (κ2) is 10.8. The summed E-state index contributed by atoms with van der Waals surface area (Å²) >= 11 is 3.44. The van der Waals surface area contributed by atoms with Crippen LogP contribution in [0.15, 0.2) is 59.1 Å². The molecule has 1 heterocycles. The van der Waals surface area contributed by atoms with Crippen molar-refractivity contribution in [1.29, 1.82) is 0 Å². The lowest BCUT2D eigenvalue weighted by Crippen LogP contribution is -3.00. The van der Waals surface area contributed by atoms with Crippen LogP contribution in [0.5, 0.6) is 0 Å².